The predicted octanol–water partition coefficient (Wildman–Crippen LogP) is -0.0399. The molecule has 1 rings (SSSR count). The average molecular weight is 238 g/mol. The van der Waals surface area contributed by atoms with Crippen LogP contribution in [0.25, 0.3) is 0 Å². The summed E-state index contributed by atoms with van der Waals surface area (Å²) in [6.45, 7) is 1.55. The van der Waals surface area contributed by atoms with Gasteiger partial charge in [-0.3, -0.25) is 9.59 Å². The van der Waals surface area contributed by atoms with Crippen LogP contribution in [0.3, 0.4) is 0 Å². The lowest BCUT2D eigenvalue weighted by molar-refractivity contribution is -0.139. The second-order valence-electron chi connectivity index (χ2n) is 2.91. The first-order valence-electron chi connectivity index (χ1n) is 4.50. The van der Waals surface area contributed by atoms with Crippen LogP contribution in [0.1, 0.15) is 18.0 Å². The van der Waals surface area contributed by atoms with E-state index in [4.69, 9.17) is 5.26 Å². The quantitative estimate of drug-likeness (QED) is 0.570. The first-order valence-corrected chi connectivity index (χ1v) is 5.38. The van der Waals surface area contributed by atoms with E-state index in [0.717, 1.165) is 5.01 Å². The maximum absolute atomic E-state index is 11.3. The summed E-state index contributed by atoms with van der Waals surface area (Å²) in [5.74, 6) is -1.58. The van der Waals surface area contributed by atoms with Crippen LogP contribution >= 0.6 is 11.3 Å². The van der Waals surface area contributed by atoms with Gasteiger partial charge in [-0.1, -0.05) is 0 Å². The minimum Gasteiger partial charge on any atom is -0.339 e. The summed E-state index contributed by atoms with van der Waals surface area (Å²) in [4.78, 5) is 26.4. The maximum Gasteiger partial charge on any atom is 0.310 e. The highest BCUT2D eigenvalue weighted by Crippen LogP contribution is 2.14. The van der Waals surface area contributed by atoms with Gasteiger partial charge in [0.05, 0.1) is 12.1 Å². The Hall–Kier alpha value is -1.94. The van der Waals surface area contributed by atoms with Crippen molar-refractivity contribution >= 4 is 23.2 Å². The molecule has 0 spiro atoms. The van der Waals surface area contributed by atoms with E-state index in [1.54, 1.807) is 24.6 Å². The van der Waals surface area contributed by atoms with Gasteiger partial charge >= 0.3 is 11.8 Å². The zero-order valence-corrected chi connectivity index (χ0v) is 9.37. The number of aromatic nitrogens is 1. The van der Waals surface area contributed by atoms with E-state index in [9.17, 15) is 9.59 Å². The number of carbonyl (C=O) groups excluding carboxylic acids is 2. The maximum atomic E-state index is 11.3. The monoisotopic (exact) mass is 238 g/mol. The molecular weight excluding hydrogens is 228 g/mol. The molecule has 6 nitrogen and oxygen atoms in total. The molecule has 1 atom stereocenters. The van der Waals surface area contributed by atoms with Crippen LogP contribution in [0.4, 0.5) is 0 Å². The fourth-order valence-electron chi connectivity index (χ4n) is 0.972. The molecule has 1 aromatic heterocycles. The Balaban J connectivity index is 2.46. The highest BCUT2D eigenvalue weighted by atomic mass is 32.1. The summed E-state index contributed by atoms with van der Waals surface area (Å²) in [7, 11) is 0. The van der Waals surface area contributed by atoms with E-state index in [1.807, 2.05) is 0 Å². The number of carbonyl (C=O) groups is 2. The van der Waals surface area contributed by atoms with E-state index >= 15 is 0 Å². The number of nitriles is 1. The molecular formula is C9H10N4O2S. The summed E-state index contributed by atoms with van der Waals surface area (Å²) in [5, 5.41) is 15.4. The van der Waals surface area contributed by atoms with Gasteiger partial charge in [-0.15, -0.1) is 11.3 Å². The van der Waals surface area contributed by atoms with Crippen LogP contribution in [-0.4, -0.2) is 23.3 Å². The lowest BCUT2D eigenvalue weighted by Crippen LogP contribution is -2.41. The van der Waals surface area contributed by atoms with Crippen molar-refractivity contribution in [1.82, 2.24) is 15.6 Å². The molecule has 16 heavy (non-hydrogen) atoms. The Morgan fingerprint density at radius 2 is 2.38 bits per heavy atom. The van der Waals surface area contributed by atoms with E-state index in [-0.39, 0.29) is 12.6 Å². The summed E-state index contributed by atoms with van der Waals surface area (Å²) in [6, 6.07) is 1.39. The molecule has 0 saturated heterocycles. The minimum absolute atomic E-state index is 0.183. The number of thiazole rings is 1. The van der Waals surface area contributed by atoms with Crippen LogP contribution < -0.4 is 10.6 Å². The van der Waals surface area contributed by atoms with Gasteiger partial charge in [0.1, 0.15) is 11.6 Å². The fourth-order valence-corrected chi connectivity index (χ4v) is 1.62. The first-order chi connectivity index (χ1) is 7.65. The highest BCUT2D eigenvalue weighted by Gasteiger charge is 2.17. The third-order valence-electron chi connectivity index (χ3n) is 1.70. The van der Waals surface area contributed by atoms with Crippen molar-refractivity contribution in [3.8, 4) is 6.07 Å². The Bertz CT molecular complexity index is 410. The predicted molar refractivity (Wildman–Crippen MR) is 57.3 cm³/mol. The van der Waals surface area contributed by atoms with Gasteiger partial charge in [-0.25, -0.2) is 4.98 Å². The SMILES string of the molecule is CC(NC(=O)C(=O)NCC#N)c1nccs1. The van der Waals surface area contributed by atoms with Gasteiger partial charge in [0.2, 0.25) is 0 Å². The van der Waals surface area contributed by atoms with Gasteiger partial charge in [-0.05, 0) is 6.92 Å². The zero-order chi connectivity index (χ0) is 12.0. The van der Waals surface area contributed by atoms with Gasteiger partial charge in [0.25, 0.3) is 0 Å². The van der Waals surface area contributed by atoms with Crippen molar-refractivity contribution in [1.29, 1.82) is 5.26 Å². The van der Waals surface area contributed by atoms with Crippen LogP contribution in [0.2, 0.25) is 0 Å². The molecule has 0 aliphatic heterocycles. The number of amides is 2. The minimum atomic E-state index is -0.815. The molecule has 1 unspecified atom stereocenters. The molecule has 1 aromatic rings. The smallest absolute Gasteiger partial charge is 0.310 e. The molecule has 2 amide bonds. The summed E-state index contributed by atoms with van der Waals surface area (Å²) < 4.78 is 0. The van der Waals surface area contributed by atoms with E-state index < -0.39 is 11.8 Å². The van der Waals surface area contributed by atoms with Crippen molar-refractivity contribution in [2.24, 2.45) is 0 Å². The van der Waals surface area contributed by atoms with Crippen LogP contribution in [0.5, 0.6) is 0 Å². The fraction of sp³-hybridized carbons (Fsp3) is 0.333. The van der Waals surface area contributed by atoms with E-state index in [2.05, 4.69) is 15.6 Å². The number of nitrogens with one attached hydrogen (secondary N) is 2. The normalized spacial score (nSPS) is 11.2. The zero-order valence-electron chi connectivity index (χ0n) is 8.56. The summed E-state index contributed by atoms with van der Waals surface area (Å²) in [5.41, 5.74) is 0. The molecule has 0 fully saturated rings. The van der Waals surface area contributed by atoms with Gasteiger partial charge < -0.3 is 10.6 Å². The number of hydrogen-bond donors (Lipinski definition) is 2. The summed E-state index contributed by atoms with van der Waals surface area (Å²) >= 11 is 1.39. The molecule has 7 heteroatoms. The third kappa shape index (κ3) is 3.33. The number of rotatable bonds is 3. The standard InChI is InChI=1S/C9H10N4O2S/c1-6(9-12-4-5-16-9)13-8(15)7(14)11-3-2-10/h4-6H,3H2,1H3,(H,11,14)(H,13,15). The molecule has 0 saturated carbocycles. The molecule has 0 aliphatic rings. The highest BCUT2D eigenvalue weighted by molar-refractivity contribution is 7.09. The lowest BCUT2D eigenvalue weighted by Gasteiger charge is -2.09. The van der Waals surface area contributed by atoms with Crippen molar-refractivity contribution in [3.63, 3.8) is 0 Å². The second kappa shape index (κ2) is 5.82. The molecule has 0 bridgehead atoms. The van der Waals surface area contributed by atoms with E-state index in [0.29, 0.717) is 0 Å². The number of nitrogens with zero attached hydrogens (tertiary/aromatic N) is 2. The molecule has 0 radical (unpaired) electrons. The van der Waals surface area contributed by atoms with Crippen molar-refractivity contribution in [2.75, 3.05) is 6.54 Å². The second-order valence-corrected chi connectivity index (χ2v) is 3.83. The Kier molecular flexibility index (Phi) is 4.42. The molecule has 0 aliphatic carbocycles. The topological polar surface area (TPSA) is 94.9 Å². The van der Waals surface area contributed by atoms with Gasteiger partial charge in [0, 0.05) is 11.6 Å². The molecule has 2 N–H and O–H groups in total. The van der Waals surface area contributed by atoms with Gasteiger partial charge in [0.15, 0.2) is 0 Å². The lowest BCUT2D eigenvalue weighted by atomic mass is 10.3. The van der Waals surface area contributed by atoms with E-state index in [1.165, 1.54) is 11.3 Å². The Labute approximate surface area is 96.3 Å². The van der Waals surface area contributed by atoms with Crippen LogP contribution in [-0.2, 0) is 9.59 Å². The molecule has 1 heterocycles. The third-order valence-corrected chi connectivity index (χ3v) is 2.66. The van der Waals surface area contributed by atoms with Crippen molar-refractivity contribution < 1.29 is 9.59 Å². The largest absolute Gasteiger partial charge is 0.339 e. The Morgan fingerprint density at radius 1 is 1.62 bits per heavy atom. The van der Waals surface area contributed by atoms with Crippen molar-refractivity contribution in [2.45, 2.75) is 13.0 Å². The average Bonchev–Trinajstić information content (AvgIpc) is 2.79. The Morgan fingerprint density at radius 3 is 2.94 bits per heavy atom. The molecule has 84 valence electrons. The van der Waals surface area contributed by atoms with Crippen molar-refractivity contribution in [3.05, 3.63) is 16.6 Å². The van der Waals surface area contributed by atoms with Gasteiger partial charge in [-0.2, -0.15) is 5.26 Å². The van der Waals surface area contributed by atoms with Crippen LogP contribution in [0.15, 0.2) is 11.6 Å². The molecule has 0 aromatic carbocycles. The first kappa shape index (κ1) is 12.1. The summed E-state index contributed by atoms with van der Waals surface area (Å²) in [6.07, 6.45) is 1.62. The number of hydrogen-bond acceptors (Lipinski definition) is 5. The van der Waals surface area contributed by atoms with Crippen LogP contribution in [0, 0.1) is 11.3 Å².